The fraction of sp³-hybridized carbons (Fsp3) is 0.222. The Morgan fingerprint density at radius 1 is 1.03 bits per heavy atom. The van der Waals surface area contributed by atoms with E-state index in [1.807, 2.05) is 86.1 Å². The van der Waals surface area contributed by atoms with Gasteiger partial charge in [-0.05, 0) is 48.4 Å². The molecule has 0 aliphatic carbocycles. The van der Waals surface area contributed by atoms with E-state index in [4.69, 9.17) is 4.74 Å². The highest BCUT2D eigenvalue weighted by molar-refractivity contribution is 5.97. The Labute approximate surface area is 198 Å². The van der Waals surface area contributed by atoms with Gasteiger partial charge in [0.15, 0.2) is 0 Å². The van der Waals surface area contributed by atoms with Crippen molar-refractivity contribution in [1.82, 2.24) is 14.7 Å². The minimum Gasteiger partial charge on any atom is -0.486 e. The maximum Gasteiger partial charge on any atom is 0.255 e. The zero-order valence-electron chi connectivity index (χ0n) is 19.5. The van der Waals surface area contributed by atoms with Gasteiger partial charge in [-0.1, -0.05) is 44.2 Å². The zero-order chi connectivity index (χ0) is 24.1. The number of aryl methyl sites for hydroxylation is 1. The van der Waals surface area contributed by atoms with Crippen LogP contribution in [-0.2, 0) is 17.9 Å². The first-order valence-electron chi connectivity index (χ1n) is 11.2. The Morgan fingerprint density at radius 3 is 2.53 bits per heavy atom. The van der Waals surface area contributed by atoms with Crippen molar-refractivity contribution in [2.24, 2.45) is 5.92 Å². The van der Waals surface area contributed by atoms with Gasteiger partial charge in [0.25, 0.3) is 5.91 Å². The molecule has 0 aliphatic rings. The molecule has 4 rings (SSSR count). The van der Waals surface area contributed by atoms with E-state index in [0.29, 0.717) is 17.9 Å². The second-order valence-electron chi connectivity index (χ2n) is 8.46. The fourth-order valence-corrected chi connectivity index (χ4v) is 3.48. The van der Waals surface area contributed by atoms with Gasteiger partial charge in [0, 0.05) is 30.5 Å². The van der Waals surface area contributed by atoms with Crippen LogP contribution in [0, 0.1) is 12.8 Å². The van der Waals surface area contributed by atoms with Crippen molar-refractivity contribution in [1.29, 1.82) is 0 Å². The molecule has 2 heterocycles. The summed E-state index contributed by atoms with van der Waals surface area (Å²) in [4.78, 5) is 29.3. The number of carbonyl (C=O) groups is 2. The first-order valence-corrected chi connectivity index (χ1v) is 11.2. The molecule has 0 aliphatic heterocycles. The van der Waals surface area contributed by atoms with Crippen LogP contribution in [0.15, 0.2) is 73.1 Å². The second kappa shape index (κ2) is 10.2. The Kier molecular flexibility index (Phi) is 6.92. The maximum atomic E-state index is 12.9. The second-order valence-corrected chi connectivity index (χ2v) is 8.46. The van der Waals surface area contributed by atoms with Crippen LogP contribution >= 0.6 is 0 Å². The number of hydrogen-bond donors (Lipinski definition) is 2. The molecule has 0 unspecified atom stereocenters. The lowest BCUT2D eigenvalue weighted by molar-refractivity contribution is -0.118. The molecule has 7 nitrogen and oxygen atoms in total. The summed E-state index contributed by atoms with van der Waals surface area (Å²) in [6, 6.07) is 18.6. The topological polar surface area (TPSA) is 84.7 Å². The monoisotopic (exact) mass is 456 g/mol. The lowest BCUT2D eigenvalue weighted by atomic mass is 10.1. The van der Waals surface area contributed by atoms with Crippen LogP contribution in [0.4, 0.5) is 5.69 Å². The first kappa shape index (κ1) is 23.0. The van der Waals surface area contributed by atoms with Gasteiger partial charge in [0.1, 0.15) is 18.0 Å². The highest BCUT2D eigenvalue weighted by Crippen LogP contribution is 2.20. The zero-order valence-corrected chi connectivity index (χ0v) is 19.5. The minimum absolute atomic E-state index is 0.0311. The number of aromatic nitrogens is 2. The predicted molar refractivity (Wildman–Crippen MR) is 132 cm³/mol. The third-order valence-corrected chi connectivity index (χ3v) is 5.43. The van der Waals surface area contributed by atoms with Crippen LogP contribution in [0.2, 0.25) is 0 Å². The molecule has 0 saturated heterocycles. The van der Waals surface area contributed by atoms with Crippen LogP contribution in [0.1, 0.15) is 41.0 Å². The summed E-state index contributed by atoms with van der Waals surface area (Å²) >= 11 is 0. The van der Waals surface area contributed by atoms with Crippen molar-refractivity contribution in [2.75, 3.05) is 5.32 Å². The summed E-state index contributed by atoms with van der Waals surface area (Å²) in [6.07, 6.45) is 3.88. The number of hydrogen-bond acceptors (Lipinski definition) is 4. The summed E-state index contributed by atoms with van der Waals surface area (Å²) in [7, 11) is 0. The summed E-state index contributed by atoms with van der Waals surface area (Å²) < 4.78 is 7.93. The van der Waals surface area contributed by atoms with E-state index in [0.717, 1.165) is 28.2 Å². The van der Waals surface area contributed by atoms with Crippen LogP contribution in [-0.4, -0.2) is 21.2 Å². The average Bonchev–Trinajstić information content (AvgIpc) is 3.27. The highest BCUT2D eigenvalue weighted by Gasteiger charge is 2.13. The lowest BCUT2D eigenvalue weighted by Gasteiger charge is -2.12. The number of carbonyl (C=O) groups excluding carboxylic acids is 2. The first-order chi connectivity index (χ1) is 16.4. The van der Waals surface area contributed by atoms with E-state index in [1.54, 1.807) is 12.1 Å². The van der Waals surface area contributed by atoms with Gasteiger partial charge in [-0.25, -0.2) is 4.98 Å². The summed E-state index contributed by atoms with van der Waals surface area (Å²) in [5.41, 5.74) is 4.88. The molecule has 0 bridgehead atoms. The molecule has 0 radical (unpaired) electrons. The smallest absolute Gasteiger partial charge is 0.255 e. The predicted octanol–water partition coefficient (Wildman–Crippen LogP) is 4.75. The van der Waals surface area contributed by atoms with E-state index in [2.05, 4.69) is 15.6 Å². The third-order valence-electron chi connectivity index (χ3n) is 5.43. The lowest BCUT2D eigenvalue weighted by Crippen LogP contribution is -2.23. The number of nitrogens with one attached hydrogen (secondary N) is 2. The van der Waals surface area contributed by atoms with Crippen molar-refractivity contribution in [2.45, 2.75) is 33.9 Å². The molecule has 174 valence electrons. The van der Waals surface area contributed by atoms with E-state index in [-0.39, 0.29) is 24.3 Å². The number of anilines is 1. The summed E-state index contributed by atoms with van der Waals surface area (Å²) in [5, 5.41) is 5.79. The molecule has 34 heavy (non-hydrogen) atoms. The van der Waals surface area contributed by atoms with Gasteiger partial charge in [-0.15, -0.1) is 0 Å². The molecule has 2 amide bonds. The third kappa shape index (κ3) is 5.43. The van der Waals surface area contributed by atoms with Crippen LogP contribution in [0.25, 0.3) is 5.65 Å². The molecule has 2 N–H and O–H groups in total. The number of fused-ring (bicyclic) bond motifs is 1. The van der Waals surface area contributed by atoms with Gasteiger partial charge in [-0.3, -0.25) is 9.59 Å². The van der Waals surface area contributed by atoms with Gasteiger partial charge in [0.05, 0.1) is 11.3 Å². The van der Waals surface area contributed by atoms with E-state index >= 15 is 0 Å². The van der Waals surface area contributed by atoms with Crippen LogP contribution in [0.5, 0.6) is 5.75 Å². The van der Waals surface area contributed by atoms with Crippen molar-refractivity contribution < 1.29 is 14.3 Å². The van der Waals surface area contributed by atoms with E-state index in [1.165, 1.54) is 0 Å². The van der Waals surface area contributed by atoms with Crippen molar-refractivity contribution >= 4 is 23.1 Å². The number of amides is 2. The Morgan fingerprint density at radius 2 is 1.79 bits per heavy atom. The largest absolute Gasteiger partial charge is 0.486 e. The molecular weight excluding hydrogens is 428 g/mol. The summed E-state index contributed by atoms with van der Waals surface area (Å²) in [6.45, 7) is 6.33. The van der Waals surface area contributed by atoms with Crippen LogP contribution < -0.4 is 15.4 Å². The van der Waals surface area contributed by atoms with E-state index in [9.17, 15) is 9.59 Å². The van der Waals surface area contributed by atoms with Crippen molar-refractivity contribution in [3.05, 3.63) is 95.4 Å². The SMILES string of the molecule is Cc1cccn2cc(COc3ccccc3C(=O)NCc3ccc(NC(=O)C(C)C)cc3)nc12. The standard InChI is InChI=1S/C27H28N4O3/c1-18(2)26(32)30-21-12-10-20(11-13-21)15-28-27(33)23-8-4-5-9-24(23)34-17-22-16-31-14-6-7-19(3)25(31)29-22/h4-14,16,18H,15,17H2,1-3H3,(H,28,33)(H,30,32). The molecule has 4 aromatic rings. The number of rotatable bonds is 8. The molecule has 0 spiro atoms. The molecule has 2 aromatic heterocycles. The van der Waals surface area contributed by atoms with Gasteiger partial charge < -0.3 is 19.8 Å². The van der Waals surface area contributed by atoms with Crippen molar-refractivity contribution in [3.8, 4) is 5.75 Å². The number of imidazole rings is 1. The Hall–Kier alpha value is -4.13. The summed E-state index contributed by atoms with van der Waals surface area (Å²) in [5.74, 6) is 0.161. The average molecular weight is 457 g/mol. The van der Waals surface area contributed by atoms with Crippen LogP contribution in [0.3, 0.4) is 0 Å². The quantitative estimate of drug-likeness (QED) is 0.401. The normalized spacial score (nSPS) is 10.9. The van der Waals surface area contributed by atoms with Gasteiger partial charge >= 0.3 is 0 Å². The molecule has 0 fully saturated rings. The van der Waals surface area contributed by atoms with Crippen molar-refractivity contribution in [3.63, 3.8) is 0 Å². The minimum atomic E-state index is -0.223. The maximum absolute atomic E-state index is 12.9. The van der Waals surface area contributed by atoms with E-state index < -0.39 is 0 Å². The fourth-order valence-electron chi connectivity index (χ4n) is 3.48. The number of benzene rings is 2. The van der Waals surface area contributed by atoms with Gasteiger partial charge in [-0.2, -0.15) is 0 Å². The number of para-hydroxylation sites is 1. The molecule has 2 aromatic carbocycles. The molecule has 0 saturated carbocycles. The molecular formula is C27H28N4O3. The number of ether oxygens (including phenoxy) is 1. The number of pyridine rings is 1. The Bertz CT molecular complexity index is 1310. The Balaban J connectivity index is 1.37. The molecule has 0 atom stereocenters. The molecule has 7 heteroatoms. The number of nitrogens with zero attached hydrogens (tertiary/aromatic N) is 2. The van der Waals surface area contributed by atoms with Gasteiger partial charge in [0.2, 0.25) is 5.91 Å². The highest BCUT2D eigenvalue weighted by atomic mass is 16.5.